The van der Waals surface area contributed by atoms with Crippen molar-refractivity contribution in [2.45, 2.75) is 23.7 Å². The molecule has 3 rings (SSSR count). The Balaban J connectivity index is 1.46. The van der Waals surface area contributed by atoms with E-state index in [-0.39, 0.29) is 5.91 Å². The summed E-state index contributed by atoms with van der Waals surface area (Å²) in [6.07, 6.45) is 2.12. The molecular weight excluding hydrogens is 318 g/mol. The molecule has 1 amide bonds. The summed E-state index contributed by atoms with van der Waals surface area (Å²) in [5.41, 5.74) is 1.40. The fourth-order valence-corrected chi connectivity index (χ4v) is 3.90. The highest BCUT2D eigenvalue weighted by atomic mass is 32.2. The van der Waals surface area contributed by atoms with Crippen LogP contribution in [0.4, 0.5) is 0 Å². The molecule has 1 aliphatic rings. The van der Waals surface area contributed by atoms with E-state index in [1.54, 1.807) is 18.9 Å². The maximum atomic E-state index is 12.4. The first-order chi connectivity index (χ1) is 11.8. The van der Waals surface area contributed by atoms with E-state index in [4.69, 9.17) is 4.74 Å². The number of nitrogens with zero attached hydrogens (tertiary/aromatic N) is 1. The average Bonchev–Trinajstić information content (AvgIpc) is 2.67. The lowest BCUT2D eigenvalue weighted by molar-refractivity contribution is -0.129. The third-order valence-electron chi connectivity index (χ3n) is 4.54. The van der Waals surface area contributed by atoms with Crippen molar-refractivity contribution in [3.63, 3.8) is 0 Å². The van der Waals surface area contributed by atoms with Crippen LogP contribution in [0, 0.1) is 0 Å². The average molecular weight is 341 g/mol. The van der Waals surface area contributed by atoms with Crippen LogP contribution in [0.5, 0.6) is 5.75 Å². The van der Waals surface area contributed by atoms with Gasteiger partial charge in [-0.1, -0.05) is 30.3 Å². The Morgan fingerprint density at radius 3 is 2.38 bits per heavy atom. The number of amides is 1. The fourth-order valence-electron chi connectivity index (χ4n) is 3.10. The van der Waals surface area contributed by atoms with Gasteiger partial charge in [-0.25, -0.2) is 0 Å². The summed E-state index contributed by atoms with van der Waals surface area (Å²) < 4.78 is 5.15. The van der Waals surface area contributed by atoms with Crippen molar-refractivity contribution in [3.05, 3.63) is 60.2 Å². The maximum absolute atomic E-state index is 12.4. The molecule has 4 heteroatoms. The van der Waals surface area contributed by atoms with Crippen molar-refractivity contribution < 1.29 is 9.53 Å². The van der Waals surface area contributed by atoms with Crippen LogP contribution in [-0.2, 0) is 4.79 Å². The predicted molar refractivity (Wildman–Crippen MR) is 98.7 cm³/mol. The summed E-state index contributed by atoms with van der Waals surface area (Å²) in [5, 5.41) is 0. The van der Waals surface area contributed by atoms with E-state index >= 15 is 0 Å². The molecule has 0 aromatic heterocycles. The minimum atomic E-state index is 0.238. The Bertz CT molecular complexity index is 649. The molecule has 0 saturated carbocycles. The van der Waals surface area contributed by atoms with Crippen LogP contribution in [0.15, 0.2) is 59.5 Å². The minimum absolute atomic E-state index is 0.238. The zero-order valence-electron chi connectivity index (χ0n) is 14.0. The van der Waals surface area contributed by atoms with E-state index in [2.05, 4.69) is 30.3 Å². The highest BCUT2D eigenvalue weighted by Gasteiger charge is 2.23. The van der Waals surface area contributed by atoms with Crippen molar-refractivity contribution in [1.82, 2.24) is 4.90 Å². The van der Waals surface area contributed by atoms with Crippen LogP contribution in [0.1, 0.15) is 24.3 Å². The number of carbonyl (C=O) groups is 1. The van der Waals surface area contributed by atoms with Crippen molar-refractivity contribution in [3.8, 4) is 5.75 Å². The molecule has 0 bridgehead atoms. The molecule has 1 aliphatic heterocycles. The van der Waals surface area contributed by atoms with Crippen LogP contribution in [0.3, 0.4) is 0 Å². The van der Waals surface area contributed by atoms with E-state index in [0.29, 0.717) is 11.7 Å². The molecule has 1 heterocycles. The molecular formula is C20H23NO2S. The molecule has 24 heavy (non-hydrogen) atoms. The molecule has 0 atom stereocenters. The Kier molecular flexibility index (Phi) is 5.81. The van der Waals surface area contributed by atoms with Gasteiger partial charge in [0, 0.05) is 18.0 Å². The van der Waals surface area contributed by atoms with Gasteiger partial charge in [0.2, 0.25) is 5.91 Å². The highest BCUT2D eigenvalue weighted by Crippen LogP contribution is 2.28. The van der Waals surface area contributed by atoms with Crippen LogP contribution < -0.4 is 4.74 Å². The maximum Gasteiger partial charge on any atom is 0.232 e. The van der Waals surface area contributed by atoms with E-state index in [1.165, 1.54) is 5.56 Å². The molecule has 3 nitrogen and oxygen atoms in total. The molecule has 126 valence electrons. The smallest absolute Gasteiger partial charge is 0.232 e. The van der Waals surface area contributed by atoms with Crippen LogP contribution in [0.2, 0.25) is 0 Å². The summed E-state index contributed by atoms with van der Waals surface area (Å²) in [7, 11) is 1.66. The second-order valence-corrected chi connectivity index (χ2v) is 7.08. The largest absolute Gasteiger partial charge is 0.497 e. The van der Waals surface area contributed by atoms with Gasteiger partial charge in [-0.15, -0.1) is 11.8 Å². The molecule has 0 N–H and O–H groups in total. The number of methoxy groups -OCH3 is 1. The summed E-state index contributed by atoms with van der Waals surface area (Å²) in [5.74, 6) is 2.17. The number of ether oxygens (including phenoxy) is 1. The molecule has 2 aromatic rings. The molecule has 0 unspecified atom stereocenters. The topological polar surface area (TPSA) is 29.5 Å². The Morgan fingerprint density at radius 2 is 1.75 bits per heavy atom. The first kappa shape index (κ1) is 16.9. The Morgan fingerprint density at radius 1 is 1.08 bits per heavy atom. The fraction of sp³-hybridized carbons (Fsp3) is 0.350. The zero-order valence-corrected chi connectivity index (χ0v) is 14.8. The first-order valence-corrected chi connectivity index (χ1v) is 9.34. The van der Waals surface area contributed by atoms with Gasteiger partial charge in [0.15, 0.2) is 0 Å². The van der Waals surface area contributed by atoms with E-state index in [1.807, 2.05) is 29.2 Å². The van der Waals surface area contributed by atoms with Gasteiger partial charge < -0.3 is 9.64 Å². The van der Waals surface area contributed by atoms with E-state index < -0.39 is 0 Å². The van der Waals surface area contributed by atoms with Crippen molar-refractivity contribution in [2.24, 2.45) is 0 Å². The quantitative estimate of drug-likeness (QED) is 0.764. The number of thioether (sulfide) groups is 1. The zero-order chi connectivity index (χ0) is 16.8. The highest BCUT2D eigenvalue weighted by molar-refractivity contribution is 8.00. The summed E-state index contributed by atoms with van der Waals surface area (Å²) in [6, 6.07) is 18.5. The van der Waals surface area contributed by atoms with Crippen LogP contribution in [0.25, 0.3) is 0 Å². The number of benzene rings is 2. The molecule has 0 spiro atoms. The third-order valence-corrected chi connectivity index (χ3v) is 5.54. The number of rotatable bonds is 5. The van der Waals surface area contributed by atoms with Gasteiger partial charge in [0.1, 0.15) is 5.75 Å². The van der Waals surface area contributed by atoms with Gasteiger partial charge in [0.25, 0.3) is 0 Å². The number of hydrogen-bond acceptors (Lipinski definition) is 3. The molecule has 1 fully saturated rings. The second kappa shape index (κ2) is 8.25. The first-order valence-electron chi connectivity index (χ1n) is 8.36. The minimum Gasteiger partial charge on any atom is -0.497 e. The number of carbonyl (C=O) groups excluding carboxylic acids is 1. The Hall–Kier alpha value is -1.94. The summed E-state index contributed by atoms with van der Waals surface area (Å²) in [4.78, 5) is 15.5. The molecule has 0 aliphatic carbocycles. The number of likely N-dealkylation sites (tertiary alicyclic amines) is 1. The standard InChI is InChI=1S/C20H23NO2S/c1-23-18-7-9-19(10-8-18)24-15-20(22)21-13-11-17(12-14-21)16-5-3-2-4-6-16/h2-10,17H,11-15H2,1H3. The number of piperidine rings is 1. The molecule has 1 saturated heterocycles. The predicted octanol–water partition coefficient (Wildman–Crippen LogP) is 4.19. The summed E-state index contributed by atoms with van der Waals surface area (Å²) >= 11 is 1.59. The molecule has 2 aromatic carbocycles. The van der Waals surface area contributed by atoms with Crippen LogP contribution >= 0.6 is 11.8 Å². The third kappa shape index (κ3) is 4.32. The lowest BCUT2D eigenvalue weighted by Gasteiger charge is -2.32. The normalized spacial score (nSPS) is 15.3. The molecule has 0 radical (unpaired) electrons. The van der Waals surface area contributed by atoms with Gasteiger partial charge in [-0.3, -0.25) is 4.79 Å². The van der Waals surface area contributed by atoms with Crippen molar-refractivity contribution >= 4 is 17.7 Å². The van der Waals surface area contributed by atoms with E-state index in [9.17, 15) is 4.79 Å². The van der Waals surface area contributed by atoms with Gasteiger partial charge in [-0.2, -0.15) is 0 Å². The van der Waals surface area contributed by atoms with Gasteiger partial charge in [-0.05, 0) is 48.6 Å². The second-order valence-electron chi connectivity index (χ2n) is 6.03. The van der Waals surface area contributed by atoms with Crippen molar-refractivity contribution in [1.29, 1.82) is 0 Å². The van der Waals surface area contributed by atoms with Crippen LogP contribution in [-0.4, -0.2) is 36.8 Å². The monoisotopic (exact) mass is 341 g/mol. The summed E-state index contributed by atoms with van der Waals surface area (Å²) in [6.45, 7) is 1.73. The number of hydrogen-bond donors (Lipinski definition) is 0. The van der Waals surface area contributed by atoms with Crippen molar-refractivity contribution in [2.75, 3.05) is 26.0 Å². The Labute approximate surface area is 148 Å². The SMILES string of the molecule is COc1ccc(SCC(=O)N2CCC(c3ccccc3)CC2)cc1. The van der Waals surface area contributed by atoms with E-state index in [0.717, 1.165) is 36.6 Å². The van der Waals surface area contributed by atoms with Gasteiger partial charge in [0.05, 0.1) is 12.9 Å². The van der Waals surface area contributed by atoms with Gasteiger partial charge >= 0.3 is 0 Å². The lowest BCUT2D eigenvalue weighted by atomic mass is 9.89. The lowest BCUT2D eigenvalue weighted by Crippen LogP contribution is -2.38.